The van der Waals surface area contributed by atoms with E-state index in [-0.39, 0.29) is 17.9 Å². The molecule has 2 saturated heterocycles. The smallest absolute Gasteiger partial charge is 0.254 e. The maximum Gasteiger partial charge on any atom is 0.254 e. The van der Waals surface area contributed by atoms with Gasteiger partial charge in [0.05, 0.1) is 13.7 Å². The Kier molecular flexibility index (Phi) is 6.34. The van der Waals surface area contributed by atoms with Crippen LogP contribution < -0.4 is 4.74 Å². The van der Waals surface area contributed by atoms with E-state index in [1.165, 1.54) is 0 Å². The first-order chi connectivity index (χ1) is 13.1. The maximum atomic E-state index is 13.2. The lowest BCUT2D eigenvalue weighted by atomic mass is 10.1. The molecule has 27 heavy (non-hydrogen) atoms. The Morgan fingerprint density at radius 1 is 1.19 bits per heavy atom. The van der Waals surface area contributed by atoms with Crippen molar-refractivity contribution in [2.75, 3.05) is 60.1 Å². The third-order valence-electron chi connectivity index (χ3n) is 5.55. The number of ether oxygens (including phenoxy) is 2. The normalized spacial score (nSPS) is 21.0. The van der Waals surface area contributed by atoms with Crippen LogP contribution in [0.4, 0.5) is 0 Å². The van der Waals surface area contributed by atoms with Gasteiger partial charge in [0, 0.05) is 57.5 Å². The number of hydrogen-bond acceptors (Lipinski definition) is 5. The van der Waals surface area contributed by atoms with Crippen LogP contribution in [0.15, 0.2) is 18.2 Å². The molecule has 0 bridgehead atoms. The average molecular weight is 375 g/mol. The van der Waals surface area contributed by atoms with Gasteiger partial charge >= 0.3 is 0 Å². The van der Waals surface area contributed by atoms with Gasteiger partial charge in [-0.2, -0.15) is 0 Å². The molecule has 2 fully saturated rings. The summed E-state index contributed by atoms with van der Waals surface area (Å²) in [5.74, 6) is 0.771. The molecule has 2 aliphatic rings. The molecule has 1 aromatic carbocycles. The summed E-state index contributed by atoms with van der Waals surface area (Å²) in [4.78, 5) is 32.0. The summed E-state index contributed by atoms with van der Waals surface area (Å²) in [6.45, 7) is 6.53. The largest absolute Gasteiger partial charge is 0.496 e. The fourth-order valence-corrected chi connectivity index (χ4v) is 3.95. The fraction of sp³-hybridized carbons (Fsp3) is 0.600. The molecule has 1 aromatic rings. The van der Waals surface area contributed by atoms with Gasteiger partial charge in [0.2, 0.25) is 5.91 Å². The SMILES string of the molecule is COCCN1CCN2CCCN(C(=O)c3cccc(OC)c3C)CC2C1=O. The van der Waals surface area contributed by atoms with E-state index in [4.69, 9.17) is 9.47 Å². The minimum Gasteiger partial charge on any atom is -0.496 e. The Labute approximate surface area is 160 Å². The lowest BCUT2D eigenvalue weighted by Gasteiger charge is -2.40. The van der Waals surface area contributed by atoms with Crippen LogP contribution in [0.1, 0.15) is 22.3 Å². The fourth-order valence-electron chi connectivity index (χ4n) is 3.95. The van der Waals surface area contributed by atoms with Crippen LogP contribution in [-0.2, 0) is 9.53 Å². The summed E-state index contributed by atoms with van der Waals surface area (Å²) in [7, 11) is 3.25. The number of benzene rings is 1. The summed E-state index contributed by atoms with van der Waals surface area (Å²) < 4.78 is 10.5. The zero-order chi connectivity index (χ0) is 19.4. The summed E-state index contributed by atoms with van der Waals surface area (Å²) >= 11 is 0. The number of carbonyl (C=O) groups excluding carboxylic acids is 2. The summed E-state index contributed by atoms with van der Waals surface area (Å²) in [6.07, 6.45) is 0.872. The third-order valence-corrected chi connectivity index (χ3v) is 5.55. The summed E-state index contributed by atoms with van der Waals surface area (Å²) in [6, 6.07) is 5.25. The van der Waals surface area contributed by atoms with Crippen LogP contribution in [0, 0.1) is 6.92 Å². The second-order valence-corrected chi connectivity index (χ2v) is 7.11. The minimum atomic E-state index is -0.270. The molecule has 0 aliphatic carbocycles. The lowest BCUT2D eigenvalue weighted by Crippen LogP contribution is -2.60. The Morgan fingerprint density at radius 2 is 2.00 bits per heavy atom. The molecule has 0 spiro atoms. The monoisotopic (exact) mass is 375 g/mol. The van der Waals surface area contributed by atoms with E-state index in [2.05, 4.69) is 4.90 Å². The van der Waals surface area contributed by atoms with Crippen molar-refractivity contribution in [1.82, 2.24) is 14.7 Å². The quantitative estimate of drug-likeness (QED) is 0.769. The van der Waals surface area contributed by atoms with Gasteiger partial charge in [-0.05, 0) is 25.5 Å². The van der Waals surface area contributed by atoms with Crippen LogP contribution in [0.5, 0.6) is 5.75 Å². The van der Waals surface area contributed by atoms with Gasteiger partial charge in [-0.1, -0.05) is 6.07 Å². The number of piperazine rings is 1. The van der Waals surface area contributed by atoms with Crippen molar-refractivity contribution in [2.24, 2.45) is 0 Å². The predicted molar refractivity (Wildman–Crippen MR) is 102 cm³/mol. The highest BCUT2D eigenvalue weighted by atomic mass is 16.5. The number of methoxy groups -OCH3 is 2. The zero-order valence-electron chi connectivity index (χ0n) is 16.4. The van der Waals surface area contributed by atoms with E-state index in [1.54, 1.807) is 14.2 Å². The van der Waals surface area contributed by atoms with Gasteiger partial charge < -0.3 is 19.3 Å². The van der Waals surface area contributed by atoms with Crippen molar-refractivity contribution in [1.29, 1.82) is 0 Å². The first-order valence-electron chi connectivity index (χ1n) is 9.51. The number of nitrogens with zero attached hydrogens (tertiary/aromatic N) is 3. The summed E-state index contributed by atoms with van der Waals surface area (Å²) in [5, 5.41) is 0. The number of fused-ring (bicyclic) bond motifs is 1. The Morgan fingerprint density at radius 3 is 2.74 bits per heavy atom. The third kappa shape index (κ3) is 4.09. The first kappa shape index (κ1) is 19.6. The molecule has 7 nitrogen and oxygen atoms in total. The molecule has 0 N–H and O–H groups in total. The van der Waals surface area contributed by atoms with Crippen molar-refractivity contribution in [3.8, 4) is 5.75 Å². The molecule has 2 amide bonds. The second kappa shape index (κ2) is 8.71. The molecule has 148 valence electrons. The molecular weight excluding hydrogens is 346 g/mol. The van der Waals surface area contributed by atoms with Crippen LogP contribution in [0.2, 0.25) is 0 Å². The average Bonchev–Trinajstić information content (AvgIpc) is 2.90. The topological polar surface area (TPSA) is 62.3 Å². The van der Waals surface area contributed by atoms with Crippen molar-refractivity contribution < 1.29 is 19.1 Å². The van der Waals surface area contributed by atoms with E-state index in [1.807, 2.05) is 34.9 Å². The lowest BCUT2D eigenvalue weighted by molar-refractivity contribution is -0.142. The van der Waals surface area contributed by atoms with E-state index >= 15 is 0 Å². The second-order valence-electron chi connectivity index (χ2n) is 7.11. The van der Waals surface area contributed by atoms with Crippen molar-refractivity contribution in [3.05, 3.63) is 29.3 Å². The summed E-state index contributed by atoms with van der Waals surface area (Å²) in [5.41, 5.74) is 1.48. The number of hydrogen-bond donors (Lipinski definition) is 0. The zero-order valence-corrected chi connectivity index (χ0v) is 16.4. The van der Waals surface area contributed by atoms with Gasteiger partial charge in [0.15, 0.2) is 0 Å². The molecule has 2 heterocycles. The van der Waals surface area contributed by atoms with Crippen molar-refractivity contribution in [2.45, 2.75) is 19.4 Å². The van der Waals surface area contributed by atoms with Crippen LogP contribution in [0.3, 0.4) is 0 Å². The molecule has 2 aliphatic heterocycles. The Bertz CT molecular complexity index is 694. The highest BCUT2D eigenvalue weighted by Gasteiger charge is 2.38. The van der Waals surface area contributed by atoms with Gasteiger partial charge in [0.1, 0.15) is 11.8 Å². The molecule has 1 unspecified atom stereocenters. The van der Waals surface area contributed by atoms with Crippen molar-refractivity contribution >= 4 is 11.8 Å². The van der Waals surface area contributed by atoms with Crippen molar-refractivity contribution in [3.63, 3.8) is 0 Å². The number of amides is 2. The number of rotatable bonds is 5. The van der Waals surface area contributed by atoms with Crippen LogP contribution in [0.25, 0.3) is 0 Å². The van der Waals surface area contributed by atoms with Gasteiger partial charge in [-0.25, -0.2) is 0 Å². The van der Waals surface area contributed by atoms with Gasteiger partial charge in [-0.15, -0.1) is 0 Å². The molecular formula is C20H29N3O4. The van der Waals surface area contributed by atoms with E-state index in [0.717, 1.165) is 31.6 Å². The molecule has 0 aromatic heterocycles. The van der Waals surface area contributed by atoms with Crippen LogP contribution in [-0.4, -0.2) is 92.7 Å². The minimum absolute atomic E-state index is 0.0323. The molecule has 3 rings (SSSR count). The first-order valence-corrected chi connectivity index (χ1v) is 9.51. The molecule has 1 atom stereocenters. The Balaban J connectivity index is 1.78. The molecule has 0 saturated carbocycles. The van der Waals surface area contributed by atoms with E-state index < -0.39 is 0 Å². The van der Waals surface area contributed by atoms with E-state index in [0.29, 0.717) is 37.6 Å². The standard InChI is InChI=1S/C20H29N3O4/c1-15-16(6-4-7-18(15)27-3)19(24)23-9-5-8-21-10-11-22(12-13-26-2)20(25)17(21)14-23/h4,6-7,17H,5,8-14H2,1-3H3. The maximum absolute atomic E-state index is 13.2. The van der Waals surface area contributed by atoms with E-state index in [9.17, 15) is 9.59 Å². The highest BCUT2D eigenvalue weighted by Crippen LogP contribution is 2.24. The molecule has 7 heteroatoms. The Hall–Kier alpha value is -2.12. The van der Waals surface area contributed by atoms with Gasteiger partial charge in [0.25, 0.3) is 5.91 Å². The number of carbonyl (C=O) groups is 2. The van der Waals surface area contributed by atoms with Gasteiger partial charge in [-0.3, -0.25) is 14.5 Å². The predicted octanol–water partition coefficient (Wildman–Crippen LogP) is 1.01. The highest BCUT2D eigenvalue weighted by molar-refractivity contribution is 5.97. The molecule has 0 radical (unpaired) electrons. The van der Waals surface area contributed by atoms with Crippen LogP contribution >= 0.6 is 0 Å².